The van der Waals surface area contributed by atoms with Crippen LogP contribution >= 0.6 is 15.9 Å². The van der Waals surface area contributed by atoms with E-state index < -0.39 is 0 Å². The summed E-state index contributed by atoms with van der Waals surface area (Å²) in [7, 11) is 0. The molecule has 0 amide bonds. The molecule has 4 heteroatoms. The molecule has 1 heterocycles. The minimum absolute atomic E-state index is 0.362. The summed E-state index contributed by atoms with van der Waals surface area (Å²) in [4.78, 5) is 2.43. The van der Waals surface area contributed by atoms with Crippen LogP contribution in [0.3, 0.4) is 0 Å². The second-order valence-electron chi connectivity index (χ2n) is 4.80. The van der Waals surface area contributed by atoms with Gasteiger partial charge in [-0.15, -0.1) is 0 Å². The standard InChI is InChI=1S/C14H21BrN2O/c15-13-4-1-3-12(11-13)14(18)5-9-17-8-2-6-16-7-10-17/h1,3-4,11,14,16,18H,2,5-10H2. The lowest BCUT2D eigenvalue weighted by atomic mass is 10.1. The SMILES string of the molecule is OC(CCN1CCCNCC1)c1cccc(Br)c1. The molecule has 1 aromatic rings. The molecule has 1 unspecified atom stereocenters. The minimum atomic E-state index is -0.362. The van der Waals surface area contributed by atoms with E-state index in [-0.39, 0.29) is 6.10 Å². The van der Waals surface area contributed by atoms with E-state index in [9.17, 15) is 5.11 Å². The van der Waals surface area contributed by atoms with Gasteiger partial charge in [-0.05, 0) is 43.6 Å². The maximum Gasteiger partial charge on any atom is 0.0802 e. The van der Waals surface area contributed by atoms with Crippen molar-refractivity contribution in [2.75, 3.05) is 32.7 Å². The van der Waals surface area contributed by atoms with Gasteiger partial charge in [-0.2, -0.15) is 0 Å². The number of hydrogen-bond acceptors (Lipinski definition) is 3. The first-order valence-electron chi connectivity index (χ1n) is 6.62. The number of nitrogens with zero attached hydrogens (tertiary/aromatic N) is 1. The van der Waals surface area contributed by atoms with Gasteiger partial charge in [0.2, 0.25) is 0 Å². The van der Waals surface area contributed by atoms with Gasteiger partial charge < -0.3 is 15.3 Å². The monoisotopic (exact) mass is 312 g/mol. The number of rotatable bonds is 4. The van der Waals surface area contributed by atoms with Gasteiger partial charge in [0.25, 0.3) is 0 Å². The Labute approximate surface area is 117 Å². The van der Waals surface area contributed by atoms with E-state index in [0.717, 1.165) is 49.2 Å². The third kappa shape index (κ3) is 4.35. The molecule has 1 atom stereocenters. The van der Waals surface area contributed by atoms with Crippen LogP contribution in [0.4, 0.5) is 0 Å². The van der Waals surface area contributed by atoms with Crippen LogP contribution in [0.2, 0.25) is 0 Å². The molecule has 0 spiro atoms. The first-order valence-corrected chi connectivity index (χ1v) is 7.41. The Morgan fingerprint density at radius 3 is 3.06 bits per heavy atom. The number of hydrogen-bond donors (Lipinski definition) is 2. The zero-order chi connectivity index (χ0) is 12.8. The molecule has 0 radical (unpaired) electrons. The summed E-state index contributed by atoms with van der Waals surface area (Å²) in [5.41, 5.74) is 0.998. The Kier molecular flexibility index (Phi) is 5.63. The maximum atomic E-state index is 10.2. The van der Waals surface area contributed by atoms with E-state index in [4.69, 9.17) is 0 Å². The number of halogens is 1. The molecular formula is C14H21BrN2O. The summed E-state index contributed by atoms with van der Waals surface area (Å²) in [6.45, 7) is 5.37. The molecule has 0 saturated carbocycles. The second kappa shape index (κ2) is 7.24. The van der Waals surface area contributed by atoms with Crippen molar-refractivity contribution in [3.8, 4) is 0 Å². The summed E-state index contributed by atoms with van der Waals surface area (Å²) < 4.78 is 1.03. The van der Waals surface area contributed by atoms with Gasteiger partial charge in [0.15, 0.2) is 0 Å². The maximum absolute atomic E-state index is 10.2. The topological polar surface area (TPSA) is 35.5 Å². The van der Waals surface area contributed by atoms with E-state index in [2.05, 4.69) is 26.1 Å². The molecule has 2 rings (SSSR count). The van der Waals surface area contributed by atoms with Crippen molar-refractivity contribution in [3.05, 3.63) is 34.3 Å². The second-order valence-corrected chi connectivity index (χ2v) is 5.72. The van der Waals surface area contributed by atoms with Gasteiger partial charge in [0.05, 0.1) is 6.10 Å². The zero-order valence-corrected chi connectivity index (χ0v) is 12.2. The Morgan fingerprint density at radius 1 is 1.33 bits per heavy atom. The summed E-state index contributed by atoms with van der Waals surface area (Å²) in [6.07, 6.45) is 1.64. The predicted octanol–water partition coefficient (Wildman–Crippen LogP) is 2.17. The molecule has 1 aliphatic heterocycles. The van der Waals surface area contributed by atoms with Crippen LogP contribution < -0.4 is 5.32 Å². The van der Waals surface area contributed by atoms with E-state index >= 15 is 0 Å². The normalized spacial score (nSPS) is 19.4. The third-order valence-electron chi connectivity index (χ3n) is 3.38. The van der Waals surface area contributed by atoms with Gasteiger partial charge >= 0.3 is 0 Å². The molecule has 0 bridgehead atoms. The molecule has 1 aromatic carbocycles. The van der Waals surface area contributed by atoms with E-state index in [0.29, 0.717) is 0 Å². The first kappa shape index (κ1) is 14.0. The van der Waals surface area contributed by atoms with Gasteiger partial charge in [-0.3, -0.25) is 0 Å². The molecule has 3 nitrogen and oxygen atoms in total. The highest BCUT2D eigenvalue weighted by atomic mass is 79.9. The van der Waals surface area contributed by atoms with Crippen molar-refractivity contribution in [1.29, 1.82) is 0 Å². The quantitative estimate of drug-likeness (QED) is 0.894. The van der Waals surface area contributed by atoms with E-state index in [1.807, 2.05) is 24.3 Å². The van der Waals surface area contributed by atoms with Gasteiger partial charge in [-0.1, -0.05) is 28.1 Å². The molecule has 1 fully saturated rings. The predicted molar refractivity (Wildman–Crippen MR) is 77.6 cm³/mol. The van der Waals surface area contributed by atoms with Crippen molar-refractivity contribution in [2.24, 2.45) is 0 Å². The summed E-state index contributed by atoms with van der Waals surface area (Å²) >= 11 is 3.44. The smallest absolute Gasteiger partial charge is 0.0802 e. The summed E-state index contributed by atoms with van der Waals surface area (Å²) in [5.74, 6) is 0. The molecule has 0 aromatic heterocycles. The molecule has 1 saturated heterocycles. The average molecular weight is 313 g/mol. The number of aliphatic hydroxyl groups is 1. The number of nitrogens with one attached hydrogen (secondary N) is 1. The highest BCUT2D eigenvalue weighted by Crippen LogP contribution is 2.20. The number of benzene rings is 1. The minimum Gasteiger partial charge on any atom is -0.388 e. The average Bonchev–Trinajstić information content (AvgIpc) is 2.64. The Hall–Kier alpha value is -0.420. The lowest BCUT2D eigenvalue weighted by Gasteiger charge is -2.21. The van der Waals surface area contributed by atoms with Gasteiger partial charge in [0, 0.05) is 24.1 Å². The van der Waals surface area contributed by atoms with Crippen LogP contribution in [-0.2, 0) is 0 Å². The fourth-order valence-corrected chi connectivity index (χ4v) is 2.73. The van der Waals surface area contributed by atoms with Crippen molar-refractivity contribution < 1.29 is 5.11 Å². The first-order chi connectivity index (χ1) is 8.75. The van der Waals surface area contributed by atoms with E-state index in [1.54, 1.807) is 0 Å². The van der Waals surface area contributed by atoms with Gasteiger partial charge in [0.1, 0.15) is 0 Å². The lowest BCUT2D eigenvalue weighted by Crippen LogP contribution is -2.29. The van der Waals surface area contributed by atoms with Crippen LogP contribution in [0, 0.1) is 0 Å². The van der Waals surface area contributed by atoms with E-state index in [1.165, 1.54) is 6.42 Å². The van der Waals surface area contributed by atoms with Crippen molar-refractivity contribution in [3.63, 3.8) is 0 Å². The zero-order valence-electron chi connectivity index (χ0n) is 10.6. The molecule has 100 valence electrons. The Morgan fingerprint density at radius 2 is 2.22 bits per heavy atom. The highest BCUT2D eigenvalue weighted by molar-refractivity contribution is 9.10. The molecule has 2 N–H and O–H groups in total. The summed E-state index contributed by atoms with van der Waals surface area (Å²) in [5, 5.41) is 13.6. The van der Waals surface area contributed by atoms with Crippen LogP contribution in [0.15, 0.2) is 28.7 Å². The number of aliphatic hydroxyl groups excluding tert-OH is 1. The Balaban J connectivity index is 1.82. The van der Waals surface area contributed by atoms with Crippen molar-refractivity contribution >= 4 is 15.9 Å². The highest BCUT2D eigenvalue weighted by Gasteiger charge is 2.12. The molecule has 0 aliphatic carbocycles. The fraction of sp³-hybridized carbons (Fsp3) is 0.571. The van der Waals surface area contributed by atoms with Crippen LogP contribution in [0.1, 0.15) is 24.5 Å². The third-order valence-corrected chi connectivity index (χ3v) is 3.88. The molecular weight excluding hydrogens is 292 g/mol. The van der Waals surface area contributed by atoms with Gasteiger partial charge in [-0.25, -0.2) is 0 Å². The van der Waals surface area contributed by atoms with Crippen molar-refractivity contribution in [1.82, 2.24) is 10.2 Å². The lowest BCUT2D eigenvalue weighted by molar-refractivity contribution is 0.144. The Bertz CT molecular complexity index is 365. The molecule has 1 aliphatic rings. The fourth-order valence-electron chi connectivity index (χ4n) is 2.31. The summed E-state index contributed by atoms with van der Waals surface area (Å²) in [6, 6.07) is 7.93. The largest absolute Gasteiger partial charge is 0.388 e. The van der Waals surface area contributed by atoms with Crippen LogP contribution in [0.5, 0.6) is 0 Å². The molecule has 18 heavy (non-hydrogen) atoms. The van der Waals surface area contributed by atoms with Crippen LogP contribution in [0.25, 0.3) is 0 Å². The van der Waals surface area contributed by atoms with Crippen LogP contribution in [-0.4, -0.2) is 42.7 Å². The van der Waals surface area contributed by atoms with Crippen molar-refractivity contribution in [2.45, 2.75) is 18.9 Å².